The fourth-order valence-corrected chi connectivity index (χ4v) is 1.67. The van der Waals surface area contributed by atoms with E-state index in [0.717, 1.165) is 12.1 Å². The van der Waals surface area contributed by atoms with Crippen molar-refractivity contribution in [1.29, 1.82) is 0 Å². The molecule has 1 atom stereocenters. The van der Waals surface area contributed by atoms with Crippen LogP contribution in [0.2, 0.25) is 0 Å². The summed E-state index contributed by atoms with van der Waals surface area (Å²) in [7, 11) is 1.00. The Bertz CT molecular complexity index is 489. The van der Waals surface area contributed by atoms with E-state index < -0.39 is 11.9 Å². The number of amides is 1. The highest BCUT2D eigenvalue weighted by atomic mass is 32.2. The maximum Gasteiger partial charge on any atom is 0.270 e. The second kappa shape index (κ2) is 7.00. The lowest BCUT2D eigenvalue weighted by molar-refractivity contribution is -0.118. The van der Waals surface area contributed by atoms with E-state index in [-0.39, 0.29) is 5.71 Å². The molecule has 0 bridgehead atoms. The van der Waals surface area contributed by atoms with Crippen LogP contribution in [0.4, 0.5) is 5.69 Å². The lowest BCUT2D eigenvalue weighted by atomic mass is 10.2. The molecule has 4 N–H and O–H groups in total. The summed E-state index contributed by atoms with van der Waals surface area (Å²) in [5.74, 6) is -0.448. The minimum atomic E-state index is -1.00. The minimum absolute atomic E-state index is 0.00982. The van der Waals surface area contributed by atoms with Crippen LogP contribution in [0.3, 0.4) is 0 Å². The molecule has 0 aromatic heterocycles. The van der Waals surface area contributed by atoms with E-state index in [4.69, 9.17) is 15.4 Å². The van der Waals surface area contributed by atoms with Crippen molar-refractivity contribution in [2.45, 2.75) is 10.9 Å². The van der Waals surface area contributed by atoms with E-state index in [0.29, 0.717) is 28.9 Å². The molecule has 1 aromatic carbocycles. The Morgan fingerprint density at radius 2 is 1.95 bits per heavy atom. The van der Waals surface area contributed by atoms with Gasteiger partial charge in [0, 0.05) is 24.0 Å². The molecule has 1 aliphatic rings. The molecule has 1 heterocycles. The van der Waals surface area contributed by atoms with E-state index in [1.165, 1.54) is 0 Å². The van der Waals surface area contributed by atoms with E-state index in [9.17, 15) is 9.59 Å². The average molecular weight is 283 g/mol. The zero-order valence-corrected chi connectivity index (χ0v) is 10.9. The fraction of sp³-hybridized carbons (Fsp3) is 0.182. The second-order valence-electron chi connectivity index (χ2n) is 3.36. The molecule has 7 nitrogen and oxygen atoms in total. The summed E-state index contributed by atoms with van der Waals surface area (Å²) in [6.45, 7) is 0. The average Bonchev–Trinajstić information content (AvgIpc) is 2.77. The van der Waals surface area contributed by atoms with E-state index in [1.807, 2.05) is 0 Å². The first kappa shape index (κ1) is 15.3. The molecule has 1 unspecified atom stereocenters. The van der Waals surface area contributed by atoms with Gasteiger partial charge in [0.2, 0.25) is 0 Å². The molecule has 1 aliphatic heterocycles. The van der Waals surface area contributed by atoms with Crippen LogP contribution in [-0.4, -0.2) is 40.7 Å². The topological polar surface area (TPSA) is 116 Å². The third kappa shape index (κ3) is 3.18. The van der Waals surface area contributed by atoms with Gasteiger partial charge in [-0.3, -0.25) is 9.59 Å². The summed E-state index contributed by atoms with van der Waals surface area (Å²) in [6, 6.07) is 5.49. The SMILES string of the molecule is CO.NC1C(=O)N(c2ccc(SO)cc2)N=C1C=O. The number of anilines is 1. The zero-order chi connectivity index (χ0) is 14.4. The van der Waals surface area contributed by atoms with Gasteiger partial charge in [0.1, 0.15) is 11.8 Å². The van der Waals surface area contributed by atoms with Gasteiger partial charge in [-0.05, 0) is 24.3 Å². The zero-order valence-electron chi connectivity index (χ0n) is 10.1. The number of benzene rings is 1. The standard InChI is InChI=1S/C10H9N3O3S.CH4O/c11-9-8(5-14)12-13(10(9)15)6-1-3-7(17-16)4-2-6;1-2/h1-5,9,16H,11H2;2H,1H3. The molecule has 0 fully saturated rings. The Balaban J connectivity index is 0.000000861. The Labute approximate surface area is 113 Å². The largest absolute Gasteiger partial charge is 0.400 e. The summed E-state index contributed by atoms with van der Waals surface area (Å²) < 4.78 is 8.81. The Hall–Kier alpha value is -1.74. The molecule has 102 valence electrons. The van der Waals surface area contributed by atoms with E-state index in [2.05, 4.69) is 5.10 Å². The smallest absolute Gasteiger partial charge is 0.270 e. The highest BCUT2D eigenvalue weighted by Gasteiger charge is 2.33. The first-order valence-electron chi connectivity index (χ1n) is 5.17. The molecule has 1 aromatic rings. The summed E-state index contributed by atoms with van der Waals surface area (Å²) in [5, 5.41) is 11.9. The fourth-order valence-electron chi connectivity index (χ4n) is 1.42. The first-order chi connectivity index (χ1) is 9.17. The van der Waals surface area contributed by atoms with Crippen molar-refractivity contribution in [3.63, 3.8) is 0 Å². The van der Waals surface area contributed by atoms with Crippen LogP contribution >= 0.6 is 12.0 Å². The highest BCUT2D eigenvalue weighted by Crippen LogP contribution is 2.23. The number of carbonyl (C=O) groups excluding carboxylic acids is 2. The minimum Gasteiger partial charge on any atom is -0.400 e. The van der Waals surface area contributed by atoms with Gasteiger partial charge in [-0.25, -0.2) is 0 Å². The number of hydrogen-bond donors (Lipinski definition) is 3. The van der Waals surface area contributed by atoms with Crippen molar-refractivity contribution >= 4 is 35.6 Å². The predicted molar refractivity (Wildman–Crippen MR) is 72.0 cm³/mol. The molecule has 19 heavy (non-hydrogen) atoms. The molecule has 0 saturated carbocycles. The van der Waals surface area contributed by atoms with Crippen molar-refractivity contribution in [3.8, 4) is 0 Å². The second-order valence-corrected chi connectivity index (χ2v) is 4.01. The van der Waals surface area contributed by atoms with E-state index in [1.54, 1.807) is 24.3 Å². The molecule has 1 amide bonds. The van der Waals surface area contributed by atoms with Crippen LogP contribution in [0.25, 0.3) is 0 Å². The van der Waals surface area contributed by atoms with Gasteiger partial charge in [0.25, 0.3) is 5.91 Å². The van der Waals surface area contributed by atoms with Crippen LogP contribution < -0.4 is 10.7 Å². The van der Waals surface area contributed by atoms with Gasteiger partial charge in [0.05, 0.1) is 5.69 Å². The molecular formula is C11H13N3O4S. The summed E-state index contributed by atoms with van der Waals surface area (Å²) >= 11 is 0.606. The number of hydrazone groups is 1. The number of rotatable bonds is 3. The van der Waals surface area contributed by atoms with Crippen molar-refractivity contribution in [1.82, 2.24) is 0 Å². The molecule has 0 spiro atoms. The number of aldehydes is 1. The highest BCUT2D eigenvalue weighted by molar-refractivity contribution is 7.93. The lowest BCUT2D eigenvalue weighted by Gasteiger charge is -2.12. The molecule has 0 saturated heterocycles. The molecule has 8 heteroatoms. The van der Waals surface area contributed by atoms with Gasteiger partial charge >= 0.3 is 0 Å². The molecule has 0 aliphatic carbocycles. The predicted octanol–water partition coefficient (Wildman–Crippen LogP) is 0.0890. The summed E-state index contributed by atoms with van der Waals surface area (Å²) in [6.07, 6.45) is 0.473. The van der Waals surface area contributed by atoms with Gasteiger partial charge in [-0.2, -0.15) is 10.1 Å². The Morgan fingerprint density at radius 3 is 2.37 bits per heavy atom. The third-order valence-corrected chi connectivity index (χ3v) is 2.80. The molecule has 2 rings (SSSR count). The van der Waals surface area contributed by atoms with Gasteiger partial charge in [-0.15, -0.1) is 0 Å². The monoisotopic (exact) mass is 283 g/mol. The number of carbonyl (C=O) groups is 2. The third-order valence-electron chi connectivity index (χ3n) is 2.32. The van der Waals surface area contributed by atoms with Crippen LogP contribution in [0.1, 0.15) is 0 Å². The normalized spacial score (nSPS) is 17.7. The molecular weight excluding hydrogens is 270 g/mol. The number of nitrogens with two attached hydrogens (primary N) is 1. The Kier molecular flexibility index (Phi) is 5.64. The van der Waals surface area contributed by atoms with Crippen molar-refractivity contribution < 1.29 is 19.2 Å². The maximum absolute atomic E-state index is 11.7. The van der Waals surface area contributed by atoms with E-state index >= 15 is 0 Å². The van der Waals surface area contributed by atoms with Crippen molar-refractivity contribution in [2.24, 2.45) is 10.8 Å². The van der Waals surface area contributed by atoms with Crippen LogP contribution in [0.5, 0.6) is 0 Å². The van der Waals surface area contributed by atoms with Gasteiger partial charge in [0.15, 0.2) is 6.29 Å². The quantitative estimate of drug-likeness (QED) is 0.534. The maximum atomic E-state index is 11.7. The number of aliphatic hydroxyl groups is 1. The van der Waals surface area contributed by atoms with Crippen LogP contribution in [0, 0.1) is 0 Å². The number of hydrogen-bond acceptors (Lipinski definition) is 7. The van der Waals surface area contributed by atoms with Crippen molar-refractivity contribution in [3.05, 3.63) is 24.3 Å². The summed E-state index contributed by atoms with van der Waals surface area (Å²) in [5.41, 5.74) is 6.03. The first-order valence-corrected chi connectivity index (χ1v) is 5.94. The number of aliphatic hydroxyl groups excluding tert-OH is 1. The lowest BCUT2D eigenvalue weighted by Crippen LogP contribution is -2.39. The van der Waals surface area contributed by atoms with Crippen molar-refractivity contribution in [2.75, 3.05) is 12.1 Å². The number of nitrogens with zero attached hydrogens (tertiary/aromatic N) is 2. The van der Waals surface area contributed by atoms with Gasteiger partial charge < -0.3 is 15.4 Å². The Morgan fingerprint density at radius 1 is 1.37 bits per heavy atom. The van der Waals surface area contributed by atoms with Crippen LogP contribution in [-0.2, 0) is 9.59 Å². The molecule has 0 radical (unpaired) electrons. The summed E-state index contributed by atoms with van der Waals surface area (Å²) in [4.78, 5) is 23.0. The van der Waals surface area contributed by atoms with Crippen LogP contribution in [0.15, 0.2) is 34.3 Å². The van der Waals surface area contributed by atoms with Gasteiger partial charge in [-0.1, -0.05) is 0 Å².